The zero-order chi connectivity index (χ0) is 51.2. The molecule has 0 aliphatic rings. The predicted molar refractivity (Wildman–Crippen MR) is 284 cm³/mol. The molecule has 0 radical (unpaired) electrons. The van der Waals surface area contributed by atoms with Gasteiger partial charge in [-0.15, -0.1) is 0 Å². The summed E-state index contributed by atoms with van der Waals surface area (Å²) in [5.74, 6) is -1.44. The van der Waals surface area contributed by atoms with Gasteiger partial charge in [-0.05, 0) is 109 Å². The number of ether oxygens (including phenoxy) is 6. The molecule has 0 unspecified atom stereocenters. The Morgan fingerprint density at radius 3 is 1.26 bits per heavy atom. The number of nitrogens with zero attached hydrogens (tertiary/aromatic N) is 1. The molecule has 0 aromatic heterocycles. The van der Waals surface area contributed by atoms with Crippen molar-refractivity contribution in [3.63, 3.8) is 0 Å². The number of esters is 4. The molecule has 0 saturated carbocycles. The summed E-state index contributed by atoms with van der Waals surface area (Å²) in [7, 11) is 0. The molecule has 0 atom stereocenters. The molecule has 0 aliphatic carbocycles. The second-order valence-electron chi connectivity index (χ2n) is 19.1. The highest BCUT2D eigenvalue weighted by molar-refractivity contribution is 5.70. The van der Waals surface area contributed by atoms with Crippen molar-refractivity contribution in [1.82, 2.24) is 4.90 Å². The van der Waals surface area contributed by atoms with Gasteiger partial charge in [0.1, 0.15) is 19.8 Å². The third kappa shape index (κ3) is 48.8. The first kappa shape index (κ1) is 67.2. The van der Waals surface area contributed by atoms with E-state index in [2.05, 4.69) is 56.9 Å². The summed E-state index contributed by atoms with van der Waals surface area (Å²) in [5.41, 5.74) is 0. The molecular weight excluding hydrogens is 887 g/mol. The van der Waals surface area contributed by atoms with Crippen molar-refractivity contribution in [2.45, 2.75) is 252 Å². The maximum Gasteiger partial charge on any atom is 0.305 e. The van der Waals surface area contributed by atoms with Gasteiger partial charge in [0.05, 0.1) is 18.9 Å². The second-order valence-corrected chi connectivity index (χ2v) is 19.1. The molecule has 70 heavy (non-hydrogen) atoms. The zero-order valence-electron chi connectivity index (χ0n) is 45.6. The molecule has 0 aromatic carbocycles. The minimum absolute atomic E-state index is 0.0375. The van der Waals surface area contributed by atoms with Gasteiger partial charge >= 0.3 is 23.9 Å². The first-order valence-electron chi connectivity index (χ1n) is 28.8. The smallest absolute Gasteiger partial charge is 0.305 e. The lowest BCUT2D eigenvalue weighted by Gasteiger charge is -2.22. The maximum atomic E-state index is 12.7. The van der Waals surface area contributed by atoms with Crippen molar-refractivity contribution >= 4 is 23.9 Å². The molecule has 0 aliphatic heterocycles. The van der Waals surface area contributed by atoms with Crippen LogP contribution in [0.2, 0.25) is 0 Å². The third-order valence-electron chi connectivity index (χ3n) is 12.3. The number of carbonyl (C=O) groups is 4. The fourth-order valence-corrected chi connectivity index (χ4v) is 7.91. The molecule has 0 amide bonds. The molecule has 0 bridgehead atoms. The molecule has 0 aromatic rings. The van der Waals surface area contributed by atoms with Crippen LogP contribution in [0.1, 0.15) is 246 Å². The molecule has 1 N–H and O–H groups in total. The highest BCUT2D eigenvalue weighted by Gasteiger charge is 2.18. The van der Waals surface area contributed by atoms with Gasteiger partial charge < -0.3 is 38.4 Å². The number of aliphatic hydroxyl groups excluding tert-OH is 1. The monoisotopic (exact) mass is 994 g/mol. The Balaban J connectivity index is 4.52. The van der Waals surface area contributed by atoms with Gasteiger partial charge in [-0.1, -0.05) is 142 Å². The molecule has 0 heterocycles. The third-order valence-corrected chi connectivity index (χ3v) is 12.3. The number of hydrogen-bond donors (Lipinski definition) is 1. The van der Waals surface area contributed by atoms with E-state index < -0.39 is 5.92 Å². The molecular formula is C58H107NO11. The molecule has 0 rings (SSSR count). The van der Waals surface area contributed by atoms with Crippen LogP contribution in [0.3, 0.4) is 0 Å². The first-order valence-corrected chi connectivity index (χ1v) is 28.8. The van der Waals surface area contributed by atoms with Crippen LogP contribution >= 0.6 is 0 Å². The van der Waals surface area contributed by atoms with Crippen LogP contribution in [0.25, 0.3) is 0 Å². The largest absolute Gasteiger partial charge is 0.466 e. The minimum Gasteiger partial charge on any atom is -0.466 e. The van der Waals surface area contributed by atoms with Crippen molar-refractivity contribution in [2.75, 3.05) is 65.9 Å². The highest BCUT2D eigenvalue weighted by Crippen LogP contribution is 2.14. The summed E-state index contributed by atoms with van der Waals surface area (Å²) >= 11 is 0. The van der Waals surface area contributed by atoms with E-state index in [4.69, 9.17) is 28.4 Å². The quantitative estimate of drug-likeness (QED) is 0.0203. The summed E-state index contributed by atoms with van der Waals surface area (Å²) in [6.07, 6.45) is 39.9. The van der Waals surface area contributed by atoms with E-state index in [-0.39, 0.29) is 63.0 Å². The van der Waals surface area contributed by atoms with E-state index in [0.717, 1.165) is 161 Å². The standard InChI is InChI=1S/C58H107NO11/c1-5-9-13-17-22-29-38-54(61)68-50-53(51-69-55(62)39-30-23-18-14-10-6-2)52-70-56(63)40-31-28-33-44-59(45-37-46-60)43-32-24-21-27-34-47-65-57(64)41-42-58(66-48-35-25-19-15-11-7-3)67-49-36-26-20-16-12-8-4/h11-12,15-16,53,58,60H,5-10,13-14,17-52H2,1-4H3/b15-11-,16-12-. The van der Waals surface area contributed by atoms with Crippen molar-refractivity contribution in [3.05, 3.63) is 24.3 Å². The van der Waals surface area contributed by atoms with Gasteiger partial charge in [0, 0.05) is 52.0 Å². The van der Waals surface area contributed by atoms with Crippen molar-refractivity contribution in [1.29, 1.82) is 0 Å². The number of rotatable bonds is 54. The zero-order valence-corrected chi connectivity index (χ0v) is 45.6. The first-order chi connectivity index (χ1) is 34.3. The lowest BCUT2D eigenvalue weighted by Crippen LogP contribution is -2.28. The van der Waals surface area contributed by atoms with Crippen molar-refractivity contribution in [3.8, 4) is 0 Å². The molecule has 12 heteroatoms. The number of aliphatic hydroxyl groups is 1. The molecule has 410 valence electrons. The lowest BCUT2D eigenvalue weighted by molar-refractivity contribution is -0.159. The van der Waals surface area contributed by atoms with Gasteiger partial charge in [-0.3, -0.25) is 19.2 Å². The summed E-state index contributed by atoms with van der Waals surface area (Å²) in [6.45, 7) is 13.3. The van der Waals surface area contributed by atoms with Crippen LogP contribution in [0.4, 0.5) is 0 Å². The van der Waals surface area contributed by atoms with Crippen LogP contribution in [0.5, 0.6) is 0 Å². The molecule has 0 spiro atoms. The number of hydrogen-bond acceptors (Lipinski definition) is 12. The summed E-state index contributed by atoms with van der Waals surface area (Å²) in [6, 6.07) is 0. The number of unbranched alkanes of at least 4 members (excludes halogenated alkanes) is 20. The van der Waals surface area contributed by atoms with Crippen LogP contribution in [-0.2, 0) is 47.6 Å². The Bertz CT molecular complexity index is 1190. The van der Waals surface area contributed by atoms with Gasteiger partial charge in [-0.25, -0.2) is 0 Å². The normalized spacial score (nSPS) is 11.8. The van der Waals surface area contributed by atoms with E-state index >= 15 is 0 Å². The number of allylic oxidation sites excluding steroid dienone is 4. The predicted octanol–water partition coefficient (Wildman–Crippen LogP) is 13.9. The van der Waals surface area contributed by atoms with Gasteiger partial charge in [0.2, 0.25) is 0 Å². The summed E-state index contributed by atoms with van der Waals surface area (Å²) in [5, 5.41) is 9.49. The summed E-state index contributed by atoms with van der Waals surface area (Å²) in [4.78, 5) is 52.6. The average molecular weight is 994 g/mol. The fourth-order valence-electron chi connectivity index (χ4n) is 7.91. The van der Waals surface area contributed by atoms with Gasteiger partial charge in [0.15, 0.2) is 6.29 Å². The Kier molecular flexibility index (Phi) is 51.8. The van der Waals surface area contributed by atoms with E-state index in [9.17, 15) is 24.3 Å². The fraction of sp³-hybridized carbons (Fsp3) is 0.862. The molecule has 0 fully saturated rings. The van der Waals surface area contributed by atoms with Crippen LogP contribution in [0.15, 0.2) is 24.3 Å². The van der Waals surface area contributed by atoms with Gasteiger partial charge in [0.25, 0.3) is 0 Å². The average Bonchev–Trinajstić information content (AvgIpc) is 3.36. The van der Waals surface area contributed by atoms with Crippen LogP contribution < -0.4 is 0 Å². The Hall–Kier alpha value is -2.80. The lowest BCUT2D eigenvalue weighted by atomic mass is 10.1. The van der Waals surface area contributed by atoms with E-state index in [0.29, 0.717) is 51.9 Å². The SMILES string of the molecule is CC/C=C\CCCCOC(CCC(=O)OCCCCCCCN(CCCO)CCCCCC(=O)OCC(COC(=O)CCCCCCCC)COC(=O)CCCCCCCC)OCCCC/C=C\CC. The molecule has 12 nitrogen and oxygen atoms in total. The molecule has 0 saturated heterocycles. The highest BCUT2D eigenvalue weighted by atomic mass is 16.7. The van der Waals surface area contributed by atoms with E-state index in [1.807, 2.05) is 0 Å². The Morgan fingerprint density at radius 1 is 0.414 bits per heavy atom. The summed E-state index contributed by atoms with van der Waals surface area (Å²) < 4.78 is 34.4. The number of carbonyl (C=O) groups excluding carboxylic acids is 4. The minimum atomic E-state index is -0.408. The second kappa shape index (κ2) is 54.0. The van der Waals surface area contributed by atoms with Crippen LogP contribution in [-0.4, -0.2) is 106 Å². The van der Waals surface area contributed by atoms with Crippen molar-refractivity contribution < 1.29 is 52.7 Å². The van der Waals surface area contributed by atoms with Crippen molar-refractivity contribution in [2.24, 2.45) is 5.92 Å². The topological polar surface area (TPSA) is 147 Å². The van der Waals surface area contributed by atoms with E-state index in [1.54, 1.807) is 0 Å². The van der Waals surface area contributed by atoms with Crippen LogP contribution in [0, 0.1) is 5.92 Å². The maximum absolute atomic E-state index is 12.7. The van der Waals surface area contributed by atoms with E-state index in [1.165, 1.54) is 38.5 Å². The van der Waals surface area contributed by atoms with Gasteiger partial charge in [-0.2, -0.15) is 0 Å². The Morgan fingerprint density at radius 2 is 0.800 bits per heavy atom. The Labute approximate surface area is 428 Å².